The molecule has 1 aliphatic rings. The van der Waals surface area contributed by atoms with Gasteiger partial charge in [-0.3, -0.25) is 19.3 Å². The summed E-state index contributed by atoms with van der Waals surface area (Å²) in [6.07, 6.45) is 0.401. The zero-order valence-electron chi connectivity index (χ0n) is 15.4. The first-order chi connectivity index (χ1) is 11.3. The molecule has 24 heavy (non-hydrogen) atoms. The van der Waals surface area contributed by atoms with Crippen LogP contribution in [0.4, 0.5) is 0 Å². The van der Waals surface area contributed by atoms with E-state index in [2.05, 4.69) is 0 Å². The maximum atomic E-state index is 12.5. The lowest BCUT2D eigenvalue weighted by atomic mass is 9.92. The van der Waals surface area contributed by atoms with Crippen LogP contribution in [-0.2, 0) is 23.9 Å². The Morgan fingerprint density at radius 3 is 1.75 bits per heavy atom. The first kappa shape index (κ1) is 20.5. The number of Topliss-reactive ketones (excluding diaryl/α,β-unsaturated/α-hetero) is 1. The average Bonchev–Trinajstić information content (AvgIpc) is 2.73. The molecule has 0 aromatic rings. The standard InChI is InChI=1S/C18H29NO5/c1-12(2)15-16(13(3)4)18(22)19(17(15)21)7-9-24-11-10-23-8-6-14(5)20/h12-13H,6-11H2,1-5H3. The fourth-order valence-electron chi connectivity index (χ4n) is 2.63. The molecular formula is C18H29NO5. The van der Waals surface area contributed by atoms with Crippen molar-refractivity contribution >= 4 is 17.6 Å². The van der Waals surface area contributed by atoms with Crippen molar-refractivity contribution in [3.05, 3.63) is 11.1 Å². The van der Waals surface area contributed by atoms with E-state index >= 15 is 0 Å². The van der Waals surface area contributed by atoms with Crippen LogP contribution in [0.3, 0.4) is 0 Å². The van der Waals surface area contributed by atoms with Gasteiger partial charge in [-0.25, -0.2) is 0 Å². The van der Waals surface area contributed by atoms with Crippen molar-refractivity contribution in [2.45, 2.75) is 41.0 Å². The molecule has 0 saturated carbocycles. The second-order valence-electron chi connectivity index (χ2n) is 6.58. The number of rotatable bonds is 11. The Morgan fingerprint density at radius 1 is 0.875 bits per heavy atom. The van der Waals surface area contributed by atoms with E-state index < -0.39 is 0 Å². The van der Waals surface area contributed by atoms with Gasteiger partial charge in [0.05, 0.1) is 33.0 Å². The highest BCUT2D eigenvalue weighted by molar-refractivity contribution is 6.19. The number of ether oxygens (including phenoxy) is 2. The molecule has 0 aromatic heterocycles. The van der Waals surface area contributed by atoms with Crippen LogP contribution in [-0.4, -0.2) is 55.5 Å². The largest absolute Gasteiger partial charge is 0.379 e. The van der Waals surface area contributed by atoms with Crippen LogP contribution >= 0.6 is 0 Å². The fraction of sp³-hybridized carbons (Fsp3) is 0.722. The normalized spacial score (nSPS) is 15.4. The van der Waals surface area contributed by atoms with Crippen LogP contribution in [0.15, 0.2) is 11.1 Å². The molecule has 6 heteroatoms. The number of hydrogen-bond donors (Lipinski definition) is 0. The number of nitrogens with zero attached hydrogens (tertiary/aromatic N) is 1. The van der Waals surface area contributed by atoms with Gasteiger partial charge in [-0.15, -0.1) is 0 Å². The highest BCUT2D eigenvalue weighted by Gasteiger charge is 2.39. The van der Waals surface area contributed by atoms with E-state index in [1.165, 1.54) is 11.8 Å². The van der Waals surface area contributed by atoms with Crippen LogP contribution in [0.25, 0.3) is 0 Å². The molecule has 6 nitrogen and oxygen atoms in total. The smallest absolute Gasteiger partial charge is 0.257 e. The Labute approximate surface area is 144 Å². The van der Waals surface area contributed by atoms with Crippen molar-refractivity contribution in [3.63, 3.8) is 0 Å². The molecule has 1 heterocycles. The zero-order chi connectivity index (χ0) is 18.3. The summed E-state index contributed by atoms with van der Waals surface area (Å²) in [5.74, 6) is -0.240. The van der Waals surface area contributed by atoms with Gasteiger partial charge in [-0.2, -0.15) is 0 Å². The number of imide groups is 1. The molecule has 0 bridgehead atoms. The summed E-state index contributed by atoms with van der Waals surface area (Å²) in [6.45, 7) is 10.9. The highest BCUT2D eigenvalue weighted by Crippen LogP contribution is 2.31. The second-order valence-corrected chi connectivity index (χ2v) is 6.58. The Morgan fingerprint density at radius 2 is 1.33 bits per heavy atom. The second kappa shape index (κ2) is 9.69. The van der Waals surface area contributed by atoms with Crippen molar-refractivity contribution in [1.29, 1.82) is 0 Å². The number of ketones is 1. The molecule has 0 aromatic carbocycles. The molecule has 0 N–H and O–H groups in total. The minimum Gasteiger partial charge on any atom is -0.379 e. The summed E-state index contributed by atoms with van der Waals surface area (Å²) in [7, 11) is 0. The molecule has 0 unspecified atom stereocenters. The van der Waals surface area contributed by atoms with E-state index in [1.807, 2.05) is 27.7 Å². The van der Waals surface area contributed by atoms with E-state index in [0.29, 0.717) is 37.4 Å². The molecule has 1 aliphatic heterocycles. The SMILES string of the molecule is CC(=O)CCOCCOCCN1C(=O)C(C(C)C)=C(C(C)C)C1=O. The van der Waals surface area contributed by atoms with Crippen molar-refractivity contribution in [1.82, 2.24) is 4.90 Å². The van der Waals surface area contributed by atoms with Gasteiger partial charge in [0.15, 0.2) is 0 Å². The van der Waals surface area contributed by atoms with Crippen LogP contribution < -0.4 is 0 Å². The third-order valence-corrected chi connectivity index (χ3v) is 3.83. The molecule has 136 valence electrons. The molecule has 0 radical (unpaired) electrons. The van der Waals surface area contributed by atoms with Crippen LogP contribution in [0, 0.1) is 11.8 Å². The topological polar surface area (TPSA) is 72.9 Å². The first-order valence-corrected chi connectivity index (χ1v) is 8.52. The quantitative estimate of drug-likeness (QED) is 0.425. The first-order valence-electron chi connectivity index (χ1n) is 8.52. The van der Waals surface area contributed by atoms with E-state index in [0.717, 1.165) is 0 Å². The molecule has 1 rings (SSSR count). The Bertz CT molecular complexity index is 478. The van der Waals surface area contributed by atoms with Crippen molar-refractivity contribution in [2.24, 2.45) is 11.8 Å². The molecule has 0 fully saturated rings. The van der Waals surface area contributed by atoms with Crippen LogP contribution in [0.2, 0.25) is 0 Å². The van der Waals surface area contributed by atoms with Gasteiger partial charge in [0.2, 0.25) is 0 Å². The number of carbonyl (C=O) groups is 3. The highest BCUT2D eigenvalue weighted by atomic mass is 16.5. The van der Waals surface area contributed by atoms with E-state index in [-0.39, 0.29) is 42.6 Å². The maximum absolute atomic E-state index is 12.5. The van der Waals surface area contributed by atoms with Crippen molar-refractivity contribution in [3.8, 4) is 0 Å². The Kier molecular flexibility index (Phi) is 8.28. The van der Waals surface area contributed by atoms with Gasteiger partial charge in [0.25, 0.3) is 11.8 Å². The minimum absolute atomic E-state index is 0.0273. The van der Waals surface area contributed by atoms with Crippen LogP contribution in [0.1, 0.15) is 41.0 Å². The minimum atomic E-state index is -0.194. The summed E-state index contributed by atoms with van der Waals surface area (Å²) < 4.78 is 10.7. The molecular weight excluding hydrogens is 310 g/mol. The third kappa shape index (κ3) is 5.53. The number of amides is 2. The summed E-state index contributed by atoms with van der Waals surface area (Å²) in [5.41, 5.74) is 1.25. The Balaban J connectivity index is 2.38. The summed E-state index contributed by atoms with van der Waals surface area (Å²) in [4.78, 5) is 37.0. The van der Waals surface area contributed by atoms with Gasteiger partial charge >= 0.3 is 0 Å². The number of carbonyl (C=O) groups excluding carboxylic acids is 3. The van der Waals surface area contributed by atoms with Gasteiger partial charge in [-0.05, 0) is 18.8 Å². The monoisotopic (exact) mass is 339 g/mol. The lowest BCUT2D eigenvalue weighted by Gasteiger charge is -2.16. The predicted molar refractivity (Wildman–Crippen MR) is 90.4 cm³/mol. The van der Waals surface area contributed by atoms with Gasteiger partial charge < -0.3 is 9.47 Å². The third-order valence-electron chi connectivity index (χ3n) is 3.83. The zero-order valence-corrected chi connectivity index (χ0v) is 15.4. The van der Waals surface area contributed by atoms with E-state index in [1.54, 1.807) is 0 Å². The average molecular weight is 339 g/mol. The maximum Gasteiger partial charge on any atom is 0.257 e. The summed E-state index contributed by atoms with van der Waals surface area (Å²) >= 11 is 0. The van der Waals surface area contributed by atoms with Crippen LogP contribution in [0.5, 0.6) is 0 Å². The summed E-state index contributed by atoms with van der Waals surface area (Å²) in [6, 6.07) is 0. The van der Waals surface area contributed by atoms with Gasteiger partial charge in [-0.1, -0.05) is 27.7 Å². The fourth-order valence-corrected chi connectivity index (χ4v) is 2.63. The lowest BCUT2D eigenvalue weighted by Crippen LogP contribution is -2.35. The van der Waals surface area contributed by atoms with Crippen molar-refractivity contribution < 1.29 is 23.9 Å². The van der Waals surface area contributed by atoms with E-state index in [4.69, 9.17) is 9.47 Å². The van der Waals surface area contributed by atoms with Crippen molar-refractivity contribution in [2.75, 3.05) is 33.0 Å². The molecule has 2 amide bonds. The molecule has 0 atom stereocenters. The van der Waals surface area contributed by atoms with Gasteiger partial charge in [0.1, 0.15) is 5.78 Å². The summed E-state index contributed by atoms with van der Waals surface area (Å²) in [5, 5.41) is 0. The lowest BCUT2D eigenvalue weighted by molar-refractivity contribution is -0.138. The molecule has 0 aliphatic carbocycles. The molecule has 0 saturated heterocycles. The predicted octanol–water partition coefficient (Wildman–Crippen LogP) is 1.98. The number of hydrogen-bond acceptors (Lipinski definition) is 5. The van der Waals surface area contributed by atoms with Gasteiger partial charge in [0, 0.05) is 17.6 Å². The van der Waals surface area contributed by atoms with E-state index in [9.17, 15) is 14.4 Å². The Hall–Kier alpha value is -1.53. The molecule has 0 spiro atoms.